The SMILES string of the molecule is Cc1cc(C)n(Cn2ccc(C(=O)Nc3ccc([N+](=O)[O-])cc3C#N)n2)n1. The van der Waals surface area contributed by atoms with Gasteiger partial charge in [-0.3, -0.25) is 19.6 Å². The van der Waals surface area contributed by atoms with Crippen molar-refractivity contribution in [2.75, 3.05) is 5.32 Å². The van der Waals surface area contributed by atoms with Crippen molar-refractivity contribution in [3.05, 3.63) is 69.3 Å². The van der Waals surface area contributed by atoms with Crippen molar-refractivity contribution in [2.45, 2.75) is 20.5 Å². The average Bonchev–Trinajstić information content (AvgIpc) is 3.21. The highest BCUT2D eigenvalue weighted by Gasteiger charge is 2.15. The molecule has 1 N–H and O–H groups in total. The van der Waals surface area contributed by atoms with Crippen LogP contribution in [0.4, 0.5) is 11.4 Å². The van der Waals surface area contributed by atoms with Gasteiger partial charge in [-0.15, -0.1) is 0 Å². The molecule has 1 amide bonds. The molecule has 0 bridgehead atoms. The number of hydrogen-bond donors (Lipinski definition) is 1. The first-order chi connectivity index (χ1) is 12.9. The predicted octanol–water partition coefficient (Wildman–Crippen LogP) is 2.23. The largest absolute Gasteiger partial charge is 0.319 e. The number of nitriles is 1. The third kappa shape index (κ3) is 3.82. The van der Waals surface area contributed by atoms with Crippen molar-refractivity contribution in [3.8, 4) is 6.07 Å². The molecule has 1 aromatic carbocycles. The van der Waals surface area contributed by atoms with Gasteiger partial charge in [0.2, 0.25) is 0 Å². The van der Waals surface area contributed by atoms with Gasteiger partial charge in [0.05, 0.1) is 21.9 Å². The molecule has 2 heterocycles. The zero-order valence-electron chi connectivity index (χ0n) is 14.6. The van der Waals surface area contributed by atoms with Crippen LogP contribution in [0.5, 0.6) is 0 Å². The minimum atomic E-state index is -0.604. The second-order valence-corrected chi connectivity index (χ2v) is 5.86. The molecule has 0 saturated heterocycles. The fourth-order valence-electron chi connectivity index (χ4n) is 2.55. The summed E-state index contributed by atoms with van der Waals surface area (Å²) < 4.78 is 3.32. The fraction of sp³-hybridized carbons (Fsp3) is 0.176. The second-order valence-electron chi connectivity index (χ2n) is 5.86. The summed E-state index contributed by atoms with van der Waals surface area (Å²) in [5.41, 5.74) is 1.97. The van der Waals surface area contributed by atoms with Gasteiger partial charge < -0.3 is 5.32 Å². The molecule has 0 radical (unpaired) electrons. The van der Waals surface area contributed by atoms with E-state index in [4.69, 9.17) is 5.26 Å². The van der Waals surface area contributed by atoms with Crippen LogP contribution in [-0.2, 0) is 6.67 Å². The molecule has 0 saturated carbocycles. The Labute approximate surface area is 153 Å². The Kier molecular flexibility index (Phi) is 4.68. The highest BCUT2D eigenvalue weighted by atomic mass is 16.6. The number of anilines is 1. The summed E-state index contributed by atoms with van der Waals surface area (Å²) in [5, 5.41) is 31.0. The maximum atomic E-state index is 12.4. The summed E-state index contributed by atoms with van der Waals surface area (Å²) in [5.74, 6) is -0.521. The molecular formula is C17H15N7O3. The molecule has 0 aliphatic carbocycles. The van der Waals surface area contributed by atoms with Crippen molar-refractivity contribution in [1.82, 2.24) is 19.6 Å². The van der Waals surface area contributed by atoms with Gasteiger partial charge in [-0.1, -0.05) is 0 Å². The lowest BCUT2D eigenvalue weighted by Gasteiger charge is -2.06. The van der Waals surface area contributed by atoms with Gasteiger partial charge in [-0.25, -0.2) is 4.68 Å². The number of aromatic nitrogens is 4. The average molecular weight is 365 g/mol. The van der Waals surface area contributed by atoms with E-state index in [1.165, 1.54) is 12.1 Å². The van der Waals surface area contributed by atoms with Crippen LogP contribution in [0, 0.1) is 35.3 Å². The number of carbonyl (C=O) groups is 1. The van der Waals surface area contributed by atoms with E-state index in [1.54, 1.807) is 21.6 Å². The molecular weight excluding hydrogens is 350 g/mol. The normalized spacial score (nSPS) is 10.4. The summed E-state index contributed by atoms with van der Waals surface area (Å²) in [6.45, 7) is 4.17. The Morgan fingerprint density at radius 3 is 2.70 bits per heavy atom. The highest BCUT2D eigenvalue weighted by Crippen LogP contribution is 2.21. The van der Waals surface area contributed by atoms with Crippen LogP contribution in [0.25, 0.3) is 0 Å². The van der Waals surface area contributed by atoms with Gasteiger partial charge in [0.15, 0.2) is 5.69 Å². The number of aryl methyl sites for hydroxylation is 2. The lowest BCUT2D eigenvalue weighted by atomic mass is 10.1. The Morgan fingerprint density at radius 2 is 2.07 bits per heavy atom. The van der Waals surface area contributed by atoms with Gasteiger partial charge in [0, 0.05) is 24.0 Å². The number of nitrogens with one attached hydrogen (secondary N) is 1. The van der Waals surface area contributed by atoms with E-state index in [0.29, 0.717) is 6.67 Å². The molecule has 10 nitrogen and oxygen atoms in total. The topological polar surface area (TPSA) is 132 Å². The lowest BCUT2D eigenvalue weighted by Crippen LogP contribution is -2.16. The number of rotatable bonds is 5. The molecule has 10 heteroatoms. The predicted molar refractivity (Wildman–Crippen MR) is 95.1 cm³/mol. The Balaban J connectivity index is 1.76. The minimum Gasteiger partial charge on any atom is -0.319 e. The maximum Gasteiger partial charge on any atom is 0.276 e. The van der Waals surface area contributed by atoms with Gasteiger partial charge in [0.25, 0.3) is 11.6 Å². The Bertz CT molecular complexity index is 1070. The molecule has 0 fully saturated rings. The van der Waals surface area contributed by atoms with Gasteiger partial charge in [-0.05, 0) is 32.0 Å². The zero-order valence-corrected chi connectivity index (χ0v) is 14.6. The molecule has 27 heavy (non-hydrogen) atoms. The third-order valence-electron chi connectivity index (χ3n) is 3.84. The Morgan fingerprint density at radius 1 is 1.30 bits per heavy atom. The van der Waals surface area contributed by atoms with Crippen molar-refractivity contribution >= 4 is 17.3 Å². The first-order valence-corrected chi connectivity index (χ1v) is 7.92. The van der Waals surface area contributed by atoms with E-state index in [-0.39, 0.29) is 22.6 Å². The molecule has 0 aliphatic rings. The van der Waals surface area contributed by atoms with Crippen LogP contribution in [0.3, 0.4) is 0 Å². The van der Waals surface area contributed by atoms with E-state index in [0.717, 1.165) is 17.5 Å². The van der Waals surface area contributed by atoms with Gasteiger partial charge in [-0.2, -0.15) is 15.5 Å². The molecule has 0 atom stereocenters. The van der Waals surface area contributed by atoms with E-state index in [2.05, 4.69) is 15.5 Å². The van der Waals surface area contributed by atoms with Crippen molar-refractivity contribution < 1.29 is 9.72 Å². The lowest BCUT2D eigenvalue weighted by molar-refractivity contribution is -0.384. The molecule has 0 spiro atoms. The first kappa shape index (κ1) is 17.8. The smallest absolute Gasteiger partial charge is 0.276 e. The molecule has 2 aromatic heterocycles. The van der Waals surface area contributed by atoms with E-state index in [1.807, 2.05) is 26.0 Å². The van der Waals surface area contributed by atoms with Crippen LogP contribution in [-0.4, -0.2) is 30.4 Å². The highest BCUT2D eigenvalue weighted by molar-refractivity contribution is 6.03. The number of hydrogen-bond acceptors (Lipinski definition) is 6. The quantitative estimate of drug-likeness (QED) is 0.545. The number of nitro groups is 1. The first-order valence-electron chi connectivity index (χ1n) is 7.92. The van der Waals surface area contributed by atoms with Gasteiger partial charge >= 0.3 is 0 Å². The maximum absolute atomic E-state index is 12.4. The van der Waals surface area contributed by atoms with E-state index in [9.17, 15) is 14.9 Å². The zero-order chi connectivity index (χ0) is 19.6. The molecule has 3 rings (SSSR count). The van der Waals surface area contributed by atoms with Gasteiger partial charge in [0.1, 0.15) is 12.7 Å². The summed E-state index contributed by atoms with van der Waals surface area (Å²) >= 11 is 0. The van der Waals surface area contributed by atoms with Crippen molar-refractivity contribution in [3.63, 3.8) is 0 Å². The second kappa shape index (κ2) is 7.09. The van der Waals surface area contributed by atoms with Crippen LogP contribution >= 0.6 is 0 Å². The van der Waals surface area contributed by atoms with Crippen LogP contribution in [0.1, 0.15) is 27.4 Å². The van der Waals surface area contributed by atoms with E-state index < -0.39 is 10.8 Å². The summed E-state index contributed by atoms with van der Waals surface area (Å²) in [7, 11) is 0. The number of nitrogens with zero attached hydrogens (tertiary/aromatic N) is 6. The fourth-order valence-corrected chi connectivity index (χ4v) is 2.55. The summed E-state index contributed by atoms with van der Waals surface area (Å²) in [6, 6.07) is 8.97. The van der Waals surface area contributed by atoms with E-state index >= 15 is 0 Å². The van der Waals surface area contributed by atoms with Crippen molar-refractivity contribution in [1.29, 1.82) is 5.26 Å². The summed E-state index contributed by atoms with van der Waals surface area (Å²) in [4.78, 5) is 22.6. The standard InChI is InChI=1S/C17H15N7O3/c1-11-7-12(2)23(20-11)10-22-6-5-16(21-22)17(25)19-15-4-3-14(24(26)27)8-13(15)9-18/h3-8H,10H2,1-2H3,(H,19,25). The number of benzene rings is 1. The monoisotopic (exact) mass is 365 g/mol. The molecule has 0 unspecified atom stereocenters. The number of non-ortho nitro benzene ring substituents is 1. The van der Waals surface area contributed by atoms with Crippen LogP contribution < -0.4 is 5.32 Å². The van der Waals surface area contributed by atoms with Crippen LogP contribution in [0.2, 0.25) is 0 Å². The molecule has 0 aliphatic heterocycles. The molecule has 136 valence electrons. The number of carbonyl (C=O) groups excluding carboxylic acids is 1. The molecule has 3 aromatic rings. The minimum absolute atomic E-state index is 0.000348. The number of nitro benzene ring substituents is 1. The van der Waals surface area contributed by atoms with Crippen LogP contribution in [0.15, 0.2) is 36.5 Å². The Hall–Kier alpha value is -4.00. The summed E-state index contributed by atoms with van der Waals surface area (Å²) in [6.07, 6.45) is 1.65. The number of amides is 1. The van der Waals surface area contributed by atoms with Crippen molar-refractivity contribution in [2.24, 2.45) is 0 Å². The third-order valence-corrected chi connectivity index (χ3v) is 3.84.